The third-order valence-corrected chi connectivity index (χ3v) is 24.0. The summed E-state index contributed by atoms with van der Waals surface area (Å²) in [5.41, 5.74) is 11.1. The Kier molecular flexibility index (Phi) is 53.7. The van der Waals surface area contributed by atoms with Gasteiger partial charge < -0.3 is 4.74 Å². The van der Waals surface area contributed by atoms with Crippen LogP contribution in [0.15, 0.2) is 84.9 Å². The number of carbonyl (C=O) groups excluding carboxylic acids is 2. The number of aryl methyl sites for hydroxylation is 1. The summed E-state index contributed by atoms with van der Waals surface area (Å²) in [6.45, 7) is 104. The highest BCUT2D eigenvalue weighted by Gasteiger charge is 2.28. The molecule has 0 N–H and O–H groups in total. The Hall–Kier alpha value is -1.36. The Morgan fingerprint density at radius 2 is 0.670 bits per heavy atom. The Labute approximate surface area is 728 Å². The molecule has 3 nitrogen and oxygen atoms in total. The lowest BCUT2D eigenvalue weighted by Crippen LogP contribution is -2.25. The topological polar surface area (TPSA) is 43.4 Å². The van der Waals surface area contributed by atoms with E-state index in [2.05, 4.69) is 405 Å². The molecular weight excluding hydrogens is 1480 g/mol. The van der Waals surface area contributed by atoms with Crippen molar-refractivity contribution in [1.29, 1.82) is 0 Å². The summed E-state index contributed by atoms with van der Waals surface area (Å²) in [4.78, 5) is 24.0. The van der Waals surface area contributed by atoms with Crippen molar-refractivity contribution in [3.05, 3.63) is 118 Å². The van der Waals surface area contributed by atoms with Gasteiger partial charge in [0.15, 0.2) is 5.12 Å². The van der Waals surface area contributed by atoms with Crippen LogP contribution >= 0.6 is 70.6 Å². The molecule has 0 heterocycles. The SMILES string of the molecule is CC(C)(C)C/C=C\CSC(C)(C)C.CC(C)(C)CC(C)(C)CCSC(C)(C)C.CC(C)(C)CCC(C)(C)CSC(C)(C)C.CC(C)(C)CCCCSC(C)(C)C.CC(C)(C)Cc1ccccc1CC(=O)OC(C)(C)C.CC(C)(C)Cc1ccccc1CC(=O)SC(C)(C)C.CC(C)(C)Cc1ccccc1CCSC(C)(C)C. The lowest BCUT2D eigenvalue weighted by Gasteiger charge is -2.33. The zero-order chi connectivity index (χ0) is 88.9. The summed E-state index contributed by atoms with van der Waals surface area (Å²) >= 11 is 11.8. The minimum Gasteiger partial charge on any atom is -0.460 e. The second-order valence-corrected chi connectivity index (χ2v) is 59.9. The zero-order valence-corrected chi connectivity index (χ0v) is 88.1. The first-order valence-corrected chi connectivity index (χ1v) is 48.8. The van der Waals surface area contributed by atoms with E-state index in [1.54, 1.807) is 0 Å². The highest BCUT2D eigenvalue weighted by Crippen LogP contribution is 2.40. The van der Waals surface area contributed by atoms with Gasteiger partial charge in [0.05, 0.1) is 6.42 Å². The number of benzene rings is 3. The van der Waals surface area contributed by atoms with E-state index in [0.29, 0.717) is 74.5 Å². The molecule has 0 spiro atoms. The number of hydrogen-bond donors (Lipinski definition) is 0. The molecule has 3 aromatic rings. The van der Waals surface area contributed by atoms with Crippen LogP contribution in [0.4, 0.5) is 0 Å². The van der Waals surface area contributed by atoms with Gasteiger partial charge in [0, 0.05) is 40.7 Å². The molecule has 3 aromatic carbocycles. The predicted octanol–water partition coefficient (Wildman–Crippen LogP) is 34.4. The number of carbonyl (C=O) groups is 2. The number of unbranched alkanes of at least 4 members (excludes halogenated alkanes) is 1. The molecule has 656 valence electrons. The van der Waals surface area contributed by atoms with E-state index in [9.17, 15) is 9.59 Å². The summed E-state index contributed by atoms with van der Waals surface area (Å²) in [6.07, 6.45) is 20.4. The fourth-order valence-electron chi connectivity index (χ4n) is 11.3. The molecule has 0 saturated heterocycles. The van der Waals surface area contributed by atoms with Crippen molar-refractivity contribution in [2.75, 3.05) is 28.8 Å². The minimum atomic E-state index is -0.421. The molecule has 0 aliphatic rings. The molecule has 9 heteroatoms. The summed E-state index contributed by atoms with van der Waals surface area (Å²) in [7, 11) is 0. The van der Waals surface area contributed by atoms with Gasteiger partial charge in [-0.15, -0.1) is 0 Å². The van der Waals surface area contributed by atoms with E-state index < -0.39 is 5.60 Å². The number of esters is 1. The van der Waals surface area contributed by atoms with Gasteiger partial charge in [0.2, 0.25) is 0 Å². The van der Waals surface area contributed by atoms with Gasteiger partial charge in [-0.3, -0.25) is 9.59 Å². The summed E-state index contributed by atoms with van der Waals surface area (Å²) in [5.74, 6) is 6.07. The lowest BCUT2D eigenvalue weighted by atomic mass is 9.75. The molecule has 0 unspecified atom stereocenters. The standard InChI is InChI=1S/C17H26O2.C17H26OS.C17H28S.2C14H30S.C12H26S.C12H24S/c2*1-16(2,3)12-14-10-8-7-9-13(14)11-15(18)19-17(4,5)6;1-16(2,3)13-15-10-8-7-9-14(15)11-12-18-17(4,5)6;1-12(2,3)11-14(7,8)9-10-15-13(4,5)6;1-12(2,3)9-10-14(7,8)11-15-13(4,5)6;2*1-11(2,3)9-7-8-10-13-12(4,5)6/h2*7-10H,11-12H2,1-6H3;7-10H,11-13H2,1-6H3;2*9-11H2,1-8H3;7-10H2,1-6H3;7-8H,9-10H2,1-6H3/b;;;;;;8-7-. The van der Waals surface area contributed by atoms with E-state index in [-0.39, 0.29) is 26.7 Å². The van der Waals surface area contributed by atoms with Gasteiger partial charge in [-0.25, -0.2) is 0 Å². The van der Waals surface area contributed by atoms with E-state index >= 15 is 0 Å². The maximum absolute atomic E-state index is 12.1. The van der Waals surface area contributed by atoms with Crippen LogP contribution in [-0.4, -0.2) is 73.9 Å². The molecule has 0 radical (unpaired) electrons. The Morgan fingerprint density at radius 3 is 1.02 bits per heavy atom. The fraction of sp³-hybridized carbons (Fsp3) is 0.786. The molecule has 0 fully saturated rings. The van der Waals surface area contributed by atoms with Crippen LogP contribution in [-0.2, 0) is 52.9 Å². The van der Waals surface area contributed by atoms with Gasteiger partial charge in [0.1, 0.15) is 5.60 Å². The van der Waals surface area contributed by atoms with Crippen molar-refractivity contribution >= 4 is 81.7 Å². The molecule has 0 saturated carbocycles. The van der Waals surface area contributed by atoms with Crippen molar-refractivity contribution in [3.8, 4) is 0 Å². The van der Waals surface area contributed by atoms with Crippen LogP contribution in [0, 0.1) is 48.7 Å². The minimum absolute atomic E-state index is 0.00391. The number of rotatable bonds is 25. The third-order valence-electron chi connectivity index (χ3n) is 16.1. The first-order valence-electron chi connectivity index (χ1n) is 43.0. The molecule has 0 aliphatic heterocycles. The van der Waals surface area contributed by atoms with Crippen molar-refractivity contribution in [1.82, 2.24) is 0 Å². The first-order chi connectivity index (χ1) is 49.6. The third kappa shape index (κ3) is 87.9. The Morgan fingerprint density at radius 1 is 0.312 bits per heavy atom. The normalized spacial score (nSPS) is 13.3. The first kappa shape index (κ1) is 117. The zero-order valence-electron chi connectivity index (χ0n) is 83.2. The van der Waals surface area contributed by atoms with E-state index in [1.807, 2.05) is 56.8 Å². The van der Waals surface area contributed by atoms with E-state index in [1.165, 1.54) is 127 Å². The Bertz CT molecular complexity index is 2870. The van der Waals surface area contributed by atoms with Crippen LogP contribution in [0.1, 0.15) is 403 Å². The van der Waals surface area contributed by atoms with Gasteiger partial charge >= 0.3 is 5.97 Å². The number of ether oxygens (including phenoxy) is 1. The second kappa shape index (κ2) is 51.4. The maximum atomic E-state index is 12.1. The van der Waals surface area contributed by atoms with Crippen LogP contribution < -0.4 is 0 Å². The monoisotopic (exact) mass is 1670 g/mol. The van der Waals surface area contributed by atoms with Crippen molar-refractivity contribution in [2.45, 2.75) is 442 Å². The van der Waals surface area contributed by atoms with Crippen LogP contribution in [0.2, 0.25) is 0 Å². The average molecular weight is 1670 g/mol. The van der Waals surface area contributed by atoms with Gasteiger partial charge in [0.25, 0.3) is 0 Å². The second-order valence-electron chi connectivity index (χ2n) is 48.6. The van der Waals surface area contributed by atoms with Crippen LogP contribution in [0.3, 0.4) is 0 Å². The summed E-state index contributed by atoms with van der Waals surface area (Å²) in [6, 6.07) is 25.4. The van der Waals surface area contributed by atoms with Gasteiger partial charge in [-0.05, 0) is 197 Å². The van der Waals surface area contributed by atoms with Crippen molar-refractivity contribution in [2.24, 2.45) is 48.7 Å². The number of thioether (sulfide) groups is 6. The molecule has 0 aliphatic carbocycles. The highest BCUT2D eigenvalue weighted by molar-refractivity contribution is 8.14. The molecule has 0 aromatic heterocycles. The summed E-state index contributed by atoms with van der Waals surface area (Å²) < 4.78 is 7.42. The number of allylic oxidation sites excluding steroid dienone is 1. The molecule has 0 bridgehead atoms. The molecule has 0 amide bonds. The lowest BCUT2D eigenvalue weighted by molar-refractivity contribution is -0.154. The molecule has 112 heavy (non-hydrogen) atoms. The number of hydrogen-bond acceptors (Lipinski definition) is 9. The van der Waals surface area contributed by atoms with Gasteiger partial charge in [-0.1, -0.05) is 401 Å². The molecular formula is C103H190O3S6. The van der Waals surface area contributed by atoms with Crippen molar-refractivity contribution in [3.63, 3.8) is 0 Å². The van der Waals surface area contributed by atoms with Crippen molar-refractivity contribution < 1.29 is 14.3 Å². The Balaban J connectivity index is -0.000000611. The quantitative estimate of drug-likeness (QED) is 0.0469. The molecule has 3 rings (SSSR count). The highest BCUT2D eigenvalue weighted by atomic mass is 32.2. The summed E-state index contributed by atoms with van der Waals surface area (Å²) in [5, 5.41) is 0.258. The fourth-order valence-corrected chi connectivity index (χ4v) is 17.1. The van der Waals surface area contributed by atoms with E-state index in [0.717, 1.165) is 24.2 Å². The van der Waals surface area contributed by atoms with E-state index in [4.69, 9.17) is 4.74 Å². The van der Waals surface area contributed by atoms with Gasteiger partial charge in [-0.2, -0.15) is 58.8 Å². The largest absolute Gasteiger partial charge is 0.460 e. The maximum Gasteiger partial charge on any atom is 0.310 e. The molecule has 0 atom stereocenters. The predicted molar refractivity (Wildman–Crippen MR) is 531 cm³/mol. The van der Waals surface area contributed by atoms with Crippen LogP contribution in [0.5, 0.6) is 0 Å². The smallest absolute Gasteiger partial charge is 0.310 e. The average Bonchev–Trinajstić information content (AvgIpc) is 0.862. The van der Waals surface area contributed by atoms with Crippen LogP contribution in [0.25, 0.3) is 0 Å².